The number of aliphatic hydroxyl groups excluding tert-OH is 18. The van der Waals surface area contributed by atoms with Gasteiger partial charge in [-0.15, -0.1) is 0 Å². The second kappa shape index (κ2) is 23.9. The van der Waals surface area contributed by atoms with E-state index in [9.17, 15) is 91.9 Å². The zero-order valence-corrected chi connectivity index (χ0v) is 30.5. The molecule has 0 aliphatic carbocycles. The predicted octanol–water partition coefficient (Wildman–Crippen LogP) is -11.2. The summed E-state index contributed by atoms with van der Waals surface area (Å²) in [6.45, 7) is -32.8. The monoisotopic (exact) mass is 838 g/mol. The topological polar surface area (TPSA) is 455 Å². The first-order valence-corrected chi connectivity index (χ1v) is 16.4. The van der Waals surface area contributed by atoms with Crippen LogP contribution in [0.25, 0.3) is 0 Å². The van der Waals surface area contributed by atoms with Gasteiger partial charge in [0.2, 0.25) is 5.79 Å². The molecule has 0 saturated heterocycles. The molecule has 0 saturated carbocycles. The van der Waals surface area contributed by atoms with Gasteiger partial charge in [0.05, 0.1) is 79.3 Å². The van der Waals surface area contributed by atoms with Crippen LogP contribution in [0, 0.1) is 5.41 Å². The van der Waals surface area contributed by atoms with E-state index in [1.54, 1.807) is 0 Å². The summed E-state index contributed by atoms with van der Waals surface area (Å²) in [6.07, 6.45) is -3.27. The maximum absolute atomic E-state index is 15.7. The van der Waals surface area contributed by atoms with E-state index in [1.165, 1.54) is 0 Å². The van der Waals surface area contributed by atoms with E-state index in [-0.39, 0.29) is 0 Å². The van der Waals surface area contributed by atoms with E-state index < -0.39 is 177 Å². The minimum absolute atomic E-state index is 0.963. The van der Waals surface area contributed by atoms with Gasteiger partial charge in [0.25, 0.3) is 0 Å². The van der Waals surface area contributed by atoms with Crippen LogP contribution in [0.4, 0.5) is 0 Å². The maximum Gasteiger partial charge on any atom is 0.321 e. The van der Waals surface area contributed by atoms with Crippen LogP contribution in [0.2, 0.25) is 0 Å². The molecule has 0 bridgehead atoms. The smallest absolute Gasteiger partial charge is 0.321 e. The third-order valence-electron chi connectivity index (χ3n) is 9.80. The number of aliphatic hydroxyl groups is 18. The molecule has 0 aromatic rings. The third kappa shape index (κ3) is 8.29. The third-order valence-corrected chi connectivity index (χ3v) is 9.80. The number of esters is 1. The molecule has 0 aliphatic heterocycles. The molecule has 0 rings (SSSR count). The molecule has 3 atom stereocenters. The molecule has 27 nitrogen and oxygen atoms in total. The van der Waals surface area contributed by atoms with Crippen LogP contribution >= 0.6 is 0 Å². The molecular weight excluding hydrogens is 780 g/mol. The highest BCUT2D eigenvalue weighted by Gasteiger charge is 2.93. The number of carbonyl (C=O) groups excluding carboxylic acids is 1. The Morgan fingerprint density at radius 1 is 0.464 bits per heavy atom. The van der Waals surface area contributed by atoms with Crippen LogP contribution in [0.5, 0.6) is 0 Å². The Bertz CT molecular complexity index is 1060. The summed E-state index contributed by atoms with van der Waals surface area (Å²) in [4.78, 5) is 15.7. The number of hydrogen-bond acceptors (Lipinski definition) is 27. The lowest BCUT2D eigenvalue weighted by atomic mass is 9.41. The van der Waals surface area contributed by atoms with Crippen molar-refractivity contribution in [1.82, 2.24) is 0 Å². The molecule has 0 aromatic carbocycles. The Hall–Kier alpha value is -1.53. The Balaban J connectivity index is 11.4. The lowest BCUT2D eigenvalue weighted by Crippen LogP contribution is -2.97. The molecule has 27 heteroatoms. The summed E-state index contributed by atoms with van der Waals surface area (Å²) >= 11 is 0. The molecule has 56 heavy (non-hydrogen) atoms. The van der Waals surface area contributed by atoms with Gasteiger partial charge in [-0.2, -0.15) is 0 Å². The van der Waals surface area contributed by atoms with E-state index in [1.807, 2.05) is 0 Å². The highest BCUT2D eigenvalue weighted by molar-refractivity contribution is 5.84. The SMILES string of the molecule is CCOC(=O)C(C(CO)(CO)OCO)(C(OCO)(C(O)CO)C(CO)(CO)OCO)C(OC(CO)(CO)OCO)(C(CO)(CO)OCO)C(CO)(CO)OCO. The summed E-state index contributed by atoms with van der Waals surface area (Å²) in [5, 5.41) is 197. The van der Waals surface area contributed by atoms with Crippen molar-refractivity contribution in [3.05, 3.63) is 0 Å². The normalized spacial score (nSPS) is 16.4. The Morgan fingerprint density at radius 2 is 0.804 bits per heavy atom. The molecule has 0 aliphatic rings. The van der Waals surface area contributed by atoms with Crippen molar-refractivity contribution in [3.8, 4) is 0 Å². The Morgan fingerprint density at radius 3 is 1.09 bits per heavy atom. The van der Waals surface area contributed by atoms with Crippen LogP contribution in [-0.4, -0.2) is 263 Å². The standard InChI is InChI=1S/C29H58O27/c1-2-49-21(48)27(22(4-31,5-32)50-14-41,28(55-19-46,20(47)3-30)23(6-33,7-34)51-15-42)29(24(8-35,9-36)52-16-43,25(10-37,11-38)53-17-44)56-26(12-39,13-40)54-18-45/h20,30-47H,2-19H2,1H3. The number of rotatable bonds is 34. The first-order valence-electron chi connectivity index (χ1n) is 16.4. The fourth-order valence-electron chi connectivity index (χ4n) is 7.49. The van der Waals surface area contributed by atoms with Gasteiger partial charge >= 0.3 is 5.97 Å². The Labute approximate surface area is 318 Å². The number of carbonyl (C=O) groups is 1. The van der Waals surface area contributed by atoms with Crippen molar-refractivity contribution < 1.29 is 135 Å². The van der Waals surface area contributed by atoms with Crippen molar-refractivity contribution in [3.63, 3.8) is 0 Å². The molecule has 18 N–H and O–H groups in total. The van der Waals surface area contributed by atoms with Crippen LogP contribution < -0.4 is 0 Å². The molecule has 3 unspecified atom stereocenters. The van der Waals surface area contributed by atoms with Crippen LogP contribution in [-0.2, 0) is 42.7 Å². The van der Waals surface area contributed by atoms with Crippen molar-refractivity contribution >= 4 is 5.97 Å². The maximum atomic E-state index is 15.7. The van der Waals surface area contributed by atoms with Gasteiger partial charge < -0.3 is 130 Å². The second-order valence-electron chi connectivity index (χ2n) is 11.8. The Kier molecular flexibility index (Phi) is 23.3. The van der Waals surface area contributed by atoms with E-state index >= 15 is 4.79 Å². The minimum atomic E-state index is -4.67. The lowest BCUT2D eigenvalue weighted by molar-refractivity contribution is -0.484. The van der Waals surface area contributed by atoms with Crippen LogP contribution in [0.3, 0.4) is 0 Å². The average Bonchev–Trinajstić information content (AvgIpc) is 3.22. The molecule has 0 fully saturated rings. The highest BCUT2D eigenvalue weighted by Crippen LogP contribution is 2.68. The fraction of sp³-hybridized carbons (Fsp3) is 0.966. The van der Waals surface area contributed by atoms with Crippen LogP contribution in [0.1, 0.15) is 6.92 Å². The quantitative estimate of drug-likeness (QED) is 0.0211. The van der Waals surface area contributed by atoms with E-state index in [4.69, 9.17) is 37.9 Å². The molecule has 0 spiro atoms. The van der Waals surface area contributed by atoms with Gasteiger partial charge in [0.15, 0.2) is 27.8 Å². The zero-order chi connectivity index (χ0) is 43.5. The lowest BCUT2D eigenvalue weighted by Gasteiger charge is -2.72. The number of ether oxygens (including phenoxy) is 8. The predicted molar refractivity (Wildman–Crippen MR) is 172 cm³/mol. The van der Waals surface area contributed by atoms with Gasteiger partial charge in [0, 0.05) is 0 Å². The molecule has 336 valence electrons. The van der Waals surface area contributed by atoms with Crippen molar-refractivity contribution in [1.29, 1.82) is 0 Å². The molecule has 0 aromatic heterocycles. The highest BCUT2D eigenvalue weighted by atomic mass is 16.8. The largest absolute Gasteiger partial charge is 0.465 e. The molecule has 0 radical (unpaired) electrons. The van der Waals surface area contributed by atoms with Crippen LogP contribution in [0.15, 0.2) is 0 Å². The summed E-state index contributed by atoms with van der Waals surface area (Å²) in [7, 11) is 0. The summed E-state index contributed by atoms with van der Waals surface area (Å²) in [5.74, 6) is -5.92. The van der Waals surface area contributed by atoms with Gasteiger partial charge in [-0.05, 0) is 6.92 Å². The second-order valence-corrected chi connectivity index (χ2v) is 11.8. The van der Waals surface area contributed by atoms with Gasteiger partial charge in [-0.3, -0.25) is 4.79 Å². The molecule has 0 amide bonds. The fourth-order valence-corrected chi connectivity index (χ4v) is 7.49. The summed E-state index contributed by atoms with van der Waals surface area (Å²) in [5.41, 5.74) is -28.9. The van der Waals surface area contributed by atoms with E-state index in [0.29, 0.717) is 0 Å². The van der Waals surface area contributed by atoms with E-state index in [2.05, 4.69) is 0 Å². The first-order chi connectivity index (χ1) is 26.6. The van der Waals surface area contributed by atoms with Crippen molar-refractivity contribution in [2.75, 3.05) is 120 Å². The van der Waals surface area contributed by atoms with Gasteiger partial charge in [0.1, 0.15) is 58.1 Å². The summed E-state index contributed by atoms with van der Waals surface area (Å²) in [6, 6.07) is 0. The van der Waals surface area contributed by atoms with Crippen molar-refractivity contribution in [2.45, 2.75) is 52.4 Å². The first kappa shape index (κ1) is 54.5. The van der Waals surface area contributed by atoms with Gasteiger partial charge in [-0.25, -0.2) is 0 Å². The zero-order valence-electron chi connectivity index (χ0n) is 30.5. The molecule has 0 heterocycles. The van der Waals surface area contributed by atoms with E-state index in [0.717, 1.165) is 6.92 Å². The van der Waals surface area contributed by atoms with Gasteiger partial charge in [-0.1, -0.05) is 0 Å². The average molecular weight is 839 g/mol. The molecular formula is C29H58O27. The number of hydrogen-bond donors (Lipinski definition) is 18. The van der Waals surface area contributed by atoms with Crippen molar-refractivity contribution in [2.24, 2.45) is 5.41 Å². The summed E-state index contributed by atoms with van der Waals surface area (Å²) < 4.78 is 43.6. The minimum Gasteiger partial charge on any atom is -0.465 e.